The van der Waals surface area contributed by atoms with Crippen LogP contribution in [0.4, 0.5) is 4.79 Å². The fourth-order valence-electron chi connectivity index (χ4n) is 2.99. The molecule has 0 radical (unpaired) electrons. The van der Waals surface area contributed by atoms with Crippen molar-refractivity contribution in [3.05, 3.63) is 35.9 Å². The van der Waals surface area contributed by atoms with Gasteiger partial charge in [0.05, 0.1) is 0 Å². The SMILES string of the molecule is NC(=O)CCN(Cc1ccccc1)C(=O)NC1CCCCCC1. The third kappa shape index (κ3) is 6.30. The zero-order valence-corrected chi connectivity index (χ0v) is 13.7. The smallest absolute Gasteiger partial charge is 0.317 e. The van der Waals surface area contributed by atoms with E-state index in [1.807, 2.05) is 30.3 Å². The molecule has 0 aromatic heterocycles. The number of rotatable bonds is 6. The molecule has 3 amide bonds. The van der Waals surface area contributed by atoms with Crippen LogP contribution >= 0.6 is 0 Å². The number of hydrogen-bond acceptors (Lipinski definition) is 2. The van der Waals surface area contributed by atoms with Crippen LogP contribution in [0.5, 0.6) is 0 Å². The first-order valence-corrected chi connectivity index (χ1v) is 8.53. The van der Waals surface area contributed by atoms with Gasteiger partial charge < -0.3 is 16.0 Å². The van der Waals surface area contributed by atoms with Gasteiger partial charge in [-0.25, -0.2) is 4.79 Å². The van der Waals surface area contributed by atoms with Gasteiger partial charge in [0.2, 0.25) is 5.91 Å². The summed E-state index contributed by atoms with van der Waals surface area (Å²) in [4.78, 5) is 25.4. The maximum absolute atomic E-state index is 12.6. The van der Waals surface area contributed by atoms with E-state index in [9.17, 15) is 9.59 Å². The number of carbonyl (C=O) groups excluding carboxylic acids is 2. The van der Waals surface area contributed by atoms with Crippen LogP contribution in [-0.2, 0) is 11.3 Å². The molecule has 5 heteroatoms. The summed E-state index contributed by atoms with van der Waals surface area (Å²) >= 11 is 0. The zero-order chi connectivity index (χ0) is 16.5. The van der Waals surface area contributed by atoms with Gasteiger partial charge in [-0.3, -0.25) is 4.79 Å². The van der Waals surface area contributed by atoms with Gasteiger partial charge in [-0.05, 0) is 18.4 Å². The largest absolute Gasteiger partial charge is 0.370 e. The highest BCUT2D eigenvalue weighted by Gasteiger charge is 2.19. The van der Waals surface area contributed by atoms with Crippen molar-refractivity contribution in [2.45, 2.75) is 57.5 Å². The first-order chi connectivity index (χ1) is 11.1. The van der Waals surface area contributed by atoms with Crippen LogP contribution in [0, 0.1) is 0 Å². The Bertz CT molecular complexity index is 496. The minimum atomic E-state index is -0.384. The molecule has 126 valence electrons. The molecule has 0 saturated heterocycles. The van der Waals surface area contributed by atoms with Crippen LogP contribution in [0.1, 0.15) is 50.5 Å². The summed E-state index contributed by atoms with van der Waals surface area (Å²) in [6.45, 7) is 0.843. The molecular formula is C18H27N3O2. The van der Waals surface area contributed by atoms with Crippen molar-refractivity contribution in [2.24, 2.45) is 5.73 Å². The van der Waals surface area contributed by atoms with E-state index in [4.69, 9.17) is 5.73 Å². The van der Waals surface area contributed by atoms with E-state index in [-0.39, 0.29) is 24.4 Å². The number of nitrogens with zero attached hydrogens (tertiary/aromatic N) is 1. The average Bonchev–Trinajstić information content (AvgIpc) is 2.80. The Labute approximate surface area is 138 Å². The maximum Gasteiger partial charge on any atom is 0.317 e. The fraction of sp³-hybridized carbons (Fsp3) is 0.556. The molecule has 3 N–H and O–H groups in total. The van der Waals surface area contributed by atoms with Crippen LogP contribution < -0.4 is 11.1 Å². The second kappa shape index (κ2) is 9.18. The molecule has 1 aromatic rings. The highest BCUT2D eigenvalue weighted by Crippen LogP contribution is 2.17. The number of urea groups is 1. The van der Waals surface area contributed by atoms with Crippen molar-refractivity contribution in [1.82, 2.24) is 10.2 Å². The molecule has 2 rings (SSSR count). The molecule has 0 unspecified atom stereocenters. The van der Waals surface area contributed by atoms with Gasteiger partial charge in [-0.1, -0.05) is 56.0 Å². The number of carbonyl (C=O) groups is 2. The predicted molar refractivity (Wildman–Crippen MR) is 90.7 cm³/mol. The molecule has 23 heavy (non-hydrogen) atoms. The van der Waals surface area contributed by atoms with Crippen LogP contribution in [-0.4, -0.2) is 29.4 Å². The Morgan fingerprint density at radius 2 is 1.74 bits per heavy atom. The Balaban J connectivity index is 1.96. The molecule has 1 aromatic carbocycles. The quantitative estimate of drug-likeness (QED) is 0.792. The lowest BCUT2D eigenvalue weighted by Gasteiger charge is -2.26. The predicted octanol–water partition coefficient (Wildman–Crippen LogP) is 2.80. The number of hydrogen-bond donors (Lipinski definition) is 2. The molecule has 0 aliphatic heterocycles. The summed E-state index contributed by atoms with van der Waals surface area (Å²) in [5.74, 6) is -0.384. The van der Waals surface area contributed by atoms with Gasteiger partial charge in [0, 0.05) is 25.6 Å². The number of amides is 3. The van der Waals surface area contributed by atoms with Crippen LogP contribution in [0.2, 0.25) is 0 Å². The van der Waals surface area contributed by atoms with Crippen molar-refractivity contribution in [2.75, 3.05) is 6.54 Å². The highest BCUT2D eigenvalue weighted by atomic mass is 16.2. The molecule has 1 fully saturated rings. The third-order valence-electron chi connectivity index (χ3n) is 4.31. The summed E-state index contributed by atoms with van der Waals surface area (Å²) < 4.78 is 0. The Kier molecular flexibility index (Phi) is 6.91. The van der Waals surface area contributed by atoms with E-state index in [0.29, 0.717) is 13.1 Å². The third-order valence-corrected chi connectivity index (χ3v) is 4.31. The minimum Gasteiger partial charge on any atom is -0.370 e. The van der Waals surface area contributed by atoms with Gasteiger partial charge in [0.1, 0.15) is 0 Å². The second-order valence-corrected chi connectivity index (χ2v) is 6.26. The molecule has 1 aliphatic rings. The monoisotopic (exact) mass is 317 g/mol. The molecule has 1 saturated carbocycles. The molecular weight excluding hydrogens is 290 g/mol. The minimum absolute atomic E-state index is 0.0954. The molecule has 0 atom stereocenters. The van der Waals surface area contributed by atoms with Crippen molar-refractivity contribution in [1.29, 1.82) is 0 Å². The molecule has 0 spiro atoms. The van der Waals surface area contributed by atoms with E-state index in [0.717, 1.165) is 18.4 Å². The maximum atomic E-state index is 12.6. The molecule has 0 heterocycles. The Hall–Kier alpha value is -2.04. The van der Waals surface area contributed by atoms with Gasteiger partial charge >= 0.3 is 6.03 Å². The molecule has 0 bridgehead atoms. The standard InChI is InChI=1S/C18H27N3O2/c19-17(22)12-13-21(14-15-8-4-3-5-9-15)18(23)20-16-10-6-1-2-7-11-16/h3-5,8-9,16H,1-2,6-7,10-14H2,(H2,19,22)(H,20,23). The lowest BCUT2D eigenvalue weighted by molar-refractivity contribution is -0.118. The van der Waals surface area contributed by atoms with E-state index in [1.54, 1.807) is 4.90 Å². The van der Waals surface area contributed by atoms with Gasteiger partial charge in [-0.15, -0.1) is 0 Å². The molecule has 1 aliphatic carbocycles. The van der Waals surface area contributed by atoms with Crippen molar-refractivity contribution >= 4 is 11.9 Å². The first kappa shape index (κ1) is 17.3. The van der Waals surface area contributed by atoms with E-state index in [1.165, 1.54) is 25.7 Å². The zero-order valence-electron chi connectivity index (χ0n) is 13.7. The highest BCUT2D eigenvalue weighted by molar-refractivity contribution is 5.77. The number of nitrogens with two attached hydrogens (primary N) is 1. The average molecular weight is 317 g/mol. The van der Waals surface area contributed by atoms with E-state index < -0.39 is 0 Å². The summed E-state index contributed by atoms with van der Waals surface area (Å²) in [5, 5.41) is 3.14. The number of nitrogens with one attached hydrogen (secondary N) is 1. The normalized spacial score (nSPS) is 15.7. The summed E-state index contributed by atoms with van der Waals surface area (Å²) in [6, 6.07) is 9.96. The Morgan fingerprint density at radius 3 is 2.35 bits per heavy atom. The van der Waals surface area contributed by atoms with Crippen LogP contribution in [0.3, 0.4) is 0 Å². The fourth-order valence-corrected chi connectivity index (χ4v) is 2.99. The van der Waals surface area contributed by atoms with Crippen molar-refractivity contribution in [3.8, 4) is 0 Å². The van der Waals surface area contributed by atoms with E-state index in [2.05, 4.69) is 5.32 Å². The lowest BCUT2D eigenvalue weighted by atomic mass is 10.1. The number of primary amides is 1. The van der Waals surface area contributed by atoms with Crippen molar-refractivity contribution < 1.29 is 9.59 Å². The summed E-state index contributed by atoms with van der Waals surface area (Å²) in [5.41, 5.74) is 6.29. The molecule has 5 nitrogen and oxygen atoms in total. The van der Waals surface area contributed by atoms with Gasteiger partial charge in [0.25, 0.3) is 0 Å². The van der Waals surface area contributed by atoms with Crippen LogP contribution in [0.25, 0.3) is 0 Å². The Morgan fingerprint density at radius 1 is 1.09 bits per heavy atom. The van der Waals surface area contributed by atoms with Crippen LogP contribution in [0.15, 0.2) is 30.3 Å². The number of benzene rings is 1. The van der Waals surface area contributed by atoms with E-state index >= 15 is 0 Å². The second-order valence-electron chi connectivity index (χ2n) is 6.26. The van der Waals surface area contributed by atoms with Gasteiger partial charge in [-0.2, -0.15) is 0 Å². The topological polar surface area (TPSA) is 75.4 Å². The summed E-state index contributed by atoms with van der Waals surface area (Å²) in [6.07, 6.45) is 7.12. The van der Waals surface area contributed by atoms with Gasteiger partial charge in [0.15, 0.2) is 0 Å². The lowest BCUT2D eigenvalue weighted by Crippen LogP contribution is -2.45. The van der Waals surface area contributed by atoms with Crippen molar-refractivity contribution in [3.63, 3.8) is 0 Å². The summed E-state index contributed by atoms with van der Waals surface area (Å²) in [7, 11) is 0. The first-order valence-electron chi connectivity index (χ1n) is 8.53.